The summed E-state index contributed by atoms with van der Waals surface area (Å²) in [5, 5.41) is 16.8. The summed E-state index contributed by atoms with van der Waals surface area (Å²) < 4.78 is 4.80. The van der Waals surface area contributed by atoms with Crippen LogP contribution in [0.4, 0.5) is 0 Å². The lowest BCUT2D eigenvalue weighted by atomic mass is 10.3. The molecule has 0 aliphatic rings. The molecule has 0 aromatic carbocycles. The molecule has 0 aromatic rings. The number of nitrogens with zero attached hydrogens (tertiary/aromatic N) is 3. The standard InChI is InChI=1S/C8H12N4O2/c1-14-7(6-11)8(13)12(4-2-9)5-3-10/h7H,4-6,11H2,1H3. The zero-order valence-electron chi connectivity index (χ0n) is 7.93. The lowest BCUT2D eigenvalue weighted by Crippen LogP contribution is -2.44. The molecule has 76 valence electrons. The Balaban J connectivity index is 4.43. The minimum absolute atomic E-state index is 0.0304. The summed E-state index contributed by atoms with van der Waals surface area (Å²) in [6, 6.07) is 3.59. The predicted molar refractivity (Wildman–Crippen MR) is 47.7 cm³/mol. The Morgan fingerprint density at radius 3 is 2.29 bits per heavy atom. The molecule has 2 N–H and O–H groups in total. The van der Waals surface area contributed by atoms with Crippen LogP contribution in [0, 0.1) is 22.7 Å². The summed E-state index contributed by atoms with van der Waals surface area (Å²) in [5.41, 5.74) is 5.28. The Kier molecular flexibility index (Phi) is 6.04. The first-order valence-corrected chi connectivity index (χ1v) is 3.96. The molecule has 1 amide bonds. The van der Waals surface area contributed by atoms with Gasteiger partial charge in [-0.2, -0.15) is 10.5 Å². The average Bonchev–Trinajstić information content (AvgIpc) is 2.19. The molecule has 0 bridgehead atoms. The third-order valence-electron chi connectivity index (χ3n) is 1.61. The number of nitrogens with two attached hydrogens (primary N) is 1. The summed E-state index contributed by atoms with van der Waals surface area (Å²) in [4.78, 5) is 12.6. The van der Waals surface area contributed by atoms with Crippen LogP contribution in [0.2, 0.25) is 0 Å². The molecule has 0 aliphatic carbocycles. The predicted octanol–water partition coefficient (Wildman–Crippen LogP) is -1.16. The highest BCUT2D eigenvalue weighted by molar-refractivity contribution is 5.81. The first-order chi connectivity index (χ1) is 6.71. The molecule has 0 aliphatic heterocycles. The van der Waals surface area contributed by atoms with E-state index < -0.39 is 12.0 Å². The average molecular weight is 196 g/mol. The number of hydrogen-bond acceptors (Lipinski definition) is 5. The number of carbonyl (C=O) groups is 1. The van der Waals surface area contributed by atoms with E-state index in [1.807, 2.05) is 0 Å². The van der Waals surface area contributed by atoms with Gasteiger partial charge in [0, 0.05) is 13.7 Å². The lowest BCUT2D eigenvalue weighted by molar-refractivity contribution is -0.140. The van der Waals surface area contributed by atoms with Gasteiger partial charge in [0.05, 0.1) is 12.1 Å². The molecule has 0 saturated carbocycles. The van der Waals surface area contributed by atoms with Gasteiger partial charge in [-0.1, -0.05) is 0 Å². The minimum atomic E-state index is -0.781. The Labute approximate surface area is 82.5 Å². The van der Waals surface area contributed by atoms with Crippen molar-refractivity contribution in [1.29, 1.82) is 10.5 Å². The lowest BCUT2D eigenvalue weighted by Gasteiger charge is -2.20. The minimum Gasteiger partial charge on any atom is -0.370 e. The number of hydrogen-bond donors (Lipinski definition) is 1. The maximum absolute atomic E-state index is 11.5. The monoisotopic (exact) mass is 196 g/mol. The van der Waals surface area contributed by atoms with E-state index in [9.17, 15) is 4.79 Å². The van der Waals surface area contributed by atoms with Gasteiger partial charge in [-0.05, 0) is 0 Å². The summed E-state index contributed by atoms with van der Waals surface area (Å²) in [6.07, 6.45) is -0.781. The molecule has 0 rings (SSSR count). The van der Waals surface area contributed by atoms with Crippen molar-refractivity contribution < 1.29 is 9.53 Å². The molecular formula is C8H12N4O2. The number of carbonyl (C=O) groups excluding carboxylic acids is 1. The molecule has 0 heterocycles. The first-order valence-electron chi connectivity index (χ1n) is 3.96. The highest BCUT2D eigenvalue weighted by Crippen LogP contribution is 1.96. The second-order valence-electron chi connectivity index (χ2n) is 2.47. The second-order valence-corrected chi connectivity index (χ2v) is 2.47. The second kappa shape index (κ2) is 6.84. The van der Waals surface area contributed by atoms with E-state index in [-0.39, 0.29) is 19.6 Å². The van der Waals surface area contributed by atoms with Gasteiger partial charge in [0.2, 0.25) is 0 Å². The van der Waals surface area contributed by atoms with Crippen LogP contribution in [0.5, 0.6) is 0 Å². The molecule has 1 atom stereocenters. The van der Waals surface area contributed by atoms with Crippen molar-refractivity contribution in [2.24, 2.45) is 5.73 Å². The van der Waals surface area contributed by atoms with Crippen LogP contribution in [-0.2, 0) is 9.53 Å². The largest absolute Gasteiger partial charge is 0.370 e. The molecule has 6 nitrogen and oxygen atoms in total. The Morgan fingerprint density at radius 1 is 1.50 bits per heavy atom. The molecule has 0 radical (unpaired) electrons. The molecule has 0 aromatic heterocycles. The Hall–Kier alpha value is -1.63. The molecule has 0 fully saturated rings. The van der Waals surface area contributed by atoms with E-state index >= 15 is 0 Å². The van der Waals surface area contributed by atoms with E-state index in [1.54, 1.807) is 12.1 Å². The van der Waals surface area contributed by atoms with Gasteiger partial charge in [0.25, 0.3) is 5.91 Å². The van der Waals surface area contributed by atoms with Crippen molar-refractivity contribution in [3.63, 3.8) is 0 Å². The number of nitriles is 2. The van der Waals surface area contributed by atoms with Crippen LogP contribution in [0.15, 0.2) is 0 Å². The van der Waals surface area contributed by atoms with E-state index in [1.165, 1.54) is 7.11 Å². The fraction of sp³-hybridized carbons (Fsp3) is 0.625. The number of amides is 1. The Morgan fingerprint density at radius 2 is 2.00 bits per heavy atom. The van der Waals surface area contributed by atoms with Gasteiger partial charge in [-0.25, -0.2) is 0 Å². The van der Waals surface area contributed by atoms with Crippen molar-refractivity contribution in [2.45, 2.75) is 6.10 Å². The van der Waals surface area contributed by atoms with E-state index in [4.69, 9.17) is 21.0 Å². The smallest absolute Gasteiger partial charge is 0.254 e. The molecule has 0 saturated heterocycles. The van der Waals surface area contributed by atoms with Crippen LogP contribution in [-0.4, -0.2) is 43.7 Å². The zero-order valence-corrected chi connectivity index (χ0v) is 7.93. The quantitative estimate of drug-likeness (QED) is 0.558. The van der Waals surface area contributed by atoms with Crippen molar-refractivity contribution in [1.82, 2.24) is 4.90 Å². The van der Waals surface area contributed by atoms with Crippen LogP contribution < -0.4 is 5.73 Å². The van der Waals surface area contributed by atoms with Crippen LogP contribution in [0.1, 0.15) is 0 Å². The van der Waals surface area contributed by atoms with Crippen LogP contribution in [0.3, 0.4) is 0 Å². The van der Waals surface area contributed by atoms with E-state index in [0.29, 0.717) is 0 Å². The van der Waals surface area contributed by atoms with Gasteiger partial charge in [-0.15, -0.1) is 0 Å². The summed E-state index contributed by atoms with van der Waals surface area (Å²) in [6.45, 7) is -0.235. The summed E-state index contributed by atoms with van der Waals surface area (Å²) >= 11 is 0. The van der Waals surface area contributed by atoms with Gasteiger partial charge < -0.3 is 15.4 Å². The molecule has 6 heteroatoms. The van der Waals surface area contributed by atoms with Crippen molar-refractivity contribution >= 4 is 5.91 Å². The summed E-state index contributed by atoms with van der Waals surface area (Å²) in [7, 11) is 1.35. The molecule has 0 spiro atoms. The van der Waals surface area contributed by atoms with E-state index in [0.717, 1.165) is 4.90 Å². The van der Waals surface area contributed by atoms with Crippen LogP contribution in [0.25, 0.3) is 0 Å². The first kappa shape index (κ1) is 12.4. The van der Waals surface area contributed by atoms with Crippen molar-refractivity contribution in [2.75, 3.05) is 26.7 Å². The fourth-order valence-electron chi connectivity index (χ4n) is 0.884. The van der Waals surface area contributed by atoms with Crippen molar-refractivity contribution in [3.8, 4) is 12.1 Å². The van der Waals surface area contributed by atoms with Crippen molar-refractivity contribution in [3.05, 3.63) is 0 Å². The number of rotatable bonds is 5. The van der Waals surface area contributed by atoms with Gasteiger partial charge >= 0.3 is 0 Å². The van der Waals surface area contributed by atoms with Gasteiger partial charge in [0.15, 0.2) is 0 Å². The van der Waals surface area contributed by atoms with E-state index in [2.05, 4.69) is 0 Å². The van der Waals surface area contributed by atoms with Gasteiger partial charge in [0.1, 0.15) is 19.2 Å². The topological polar surface area (TPSA) is 103 Å². The third kappa shape index (κ3) is 3.40. The maximum Gasteiger partial charge on any atom is 0.254 e. The SMILES string of the molecule is COC(CN)C(=O)N(CC#N)CC#N. The Bertz CT molecular complexity index is 245. The van der Waals surface area contributed by atoms with Crippen LogP contribution >= 0.6 is 0 Å². The molecule has 1 unspecified atom stereocenters. The fourth-order valence-corrected chi connectivity index (χ4v) is 0.884. The normalized spacial score (nSPS) is 11.1. The molecule has 14 heavy (non-hydrogen) atoms. The third-order valence-corrected chi connectivity index (χ3v) is 1.61. The zero-order chi connectivity index (χ0) is 11.0. The number of ether oxygens (including phenoxy) is 1. The highest BCUT2D eigenvalue weighted by atomic mass is 16.5. The molecular weight excluding hydrogens is 184 g/mol. The summed E-state index contributed by atoms with van der Waals surface area (Å²) in [5.74, 6) is -0.432. The number of methoxy groups -OCH3 is 1. The van der Waals surface area contributed by atoms with Gasteiger partial charge in [-0.3, -0.25) is 4.79 Å². The highest BCUT2D eigenvalue weighted by Gasteiger charge is 2.22. The maximum atomic E-state index is 11.5.